The number of nitrogens with zero attached hydrogens (tertiary/aromatic N) is 1. The van der Waals surface area contributed by atoms with Crippen LogP contribution in [0.25, 0.3) is 5.76 Å². The Kier molecular flexibility index (Phi) is 5.82. The lowest BCUT2D eigenvalue weighted by Gasteiger charge is -2.26. The van der Waals surface area contributed by atoms with E-state index in [-0.39, 0.29) is 17.0 Å². The molecule has 5 nitrogen and oxygen atoms in total. The van der Waals surface area contributed by atoms with Gasteiger partial charge in [-0.1, -0.05) is 30.3 Å². The first kappa shape index (κ1) is 23.7. The molecule has 1 unspecified atom stereocenters. The van der Waals surface area contributed by atoms with Crippen LogP contribution in [0.3, 0.4) is 0 Å². The van der Waals surface area contributed by atoms with Crippen LogP contribution in [0.4, 0.5) is 18.9 Å². The minimum absolute atomic E-state index is 0.0653. The van der Waals surface area contributed by atoms with Crippen molar-refractivity contribution in [2.45, 2.75) is 37.9 Å². The Hall–Kier alpha value is -4.07. The molecule has 1 aliphatic heterocycles. The Balaban J connectivity index is 1.69. The number of carbonyl (C=O) groups excluding carboxylic acids is 2. The number of halogens is 3. The first-order chi connectivity index (χ1) is 17.1. The van der Waals surface area contributed by atoms with Gasteiger partial charge >= 0.3 is 6.18 Å². The lowest BCUT2D eigenvalue weighted by atomic mass is 9.88. The fraction of sp³-hybridized carbons (Fsp3) is 0.214. The van der Waals surface area contributed by atoms with E-state index >= 15 is 0 Å². The number of hydrogen-bond donors (Lipinski definition) is 2. The molecule has 3 aromatic carbocycles. The van der Waals surface area contributed by atoms with E-state index in [4.69, 9.17) is 0 Å². The van der Waals surface area contributed by atoms with Gasteiger partial charge in [0.2, 0.25) is 0 Å². The van der Waals surface area contributed by atoms with Crippen LogP contribution >= 0.6 is 0 Å². The third-order valence-electron chi connectivity index (χ3n) is 6.73. The van der Waals surface area contributed by atoms with Crippen LogP contribution < -0.4 is 4.90 Å². The van der Waals surface area contributed by atoms with Crippen molar-refractivity contribution in [3.05, 3.63) is 100 Å². The molecule has 1 aliphatic carbocycles. The molecule has 2 aliphatic rings. The van der Waals surface area contributed by atoms with E-state index in [1.54, 1.807) is 12.1 Å². The Labute approximate surface area is 205 Å². The summed E-state index contributed by atoms with van der Waals surface area (Å²) in [4.78, 5) is 27.4. The first-order valence-corrected chi connectivity index (χ1v) is 11.5. The van der Waals surface area contributed by atoms with Gasteiger partial charge in [0.25, 0.3) is 11.7 Å². The highest BCUT2D eigenvalue weighted by atomic mass is 19.4. The summed E-state index contributed by atoms with van der Waals surface area (Å²) in [5.41, 5.74) is 1.61. The van der Waals surface area contributed by atoms with Gasteiger partial charge < -0.3 is 10.2 Å². The van der Waals surface area contributed by atoms with E-state index < -0.39 is 35.2 Å². The van der Waals surface area contributed by atoms with Crippen molar-refractivity contribution in [2.75, 3.05) is 4.90 Å². The summed E-state index contributed by atoms with van der Waals surface area (Å²) in [5.74, 6) is -2.51. The maximum atomic E-state index is 13.4. The van der Waals surface area contributed by atoms with E-state index in [2.05, 4.69) is 0 Å². The van der Waals surface area contributed by atoms with Crippen molar-refractivity contribution in [2.24, 2.45) is 0 Å². The normalized spacial score (nSPS) is 19.4. The Morgan fingerprint density at radius 2 is 1.58 bits per heavy atom. The molecule has 8 heteroatoms. The number of phenolic OH excluding ortho intramolecular Hbond substituents is 1. The zero-order valence-corrected chi connectivity index (χ0v) is 19.0. The molecule has 5 rings (SSSR count). The summed E-state index contributed by atoms with van der Waals surface area (Å²) in [6, 6.07) is 14.0. The Morgan fingerprint density at radius 3 is 2.28 bits per heavy atom. The van der Waals surface area contributed by atoms with Crippen LogP contribution in [-0.4, -0.2) is 21.9 Å². The molecule has 1 heterocycles. The summed E-state index contributed by atoms with van der Waals surface area (Å²) in [6.07, 6.45) is -0.826. The molecular weight excluding hydrogens is 471 g/mol. The molecule has 1 saturated heterocycles. The highest BCUT2D eigenvalue weighted by Crippen LogP contribution is 2.44. The number of aliphatic hydroxyl groups excluding tert-OH is 1. The van der Waals surface area contributed by atoms with Crippen molar-refractivity contribution in [1.82, 2.24) is 0 Å². The van der Waals surface area contributed by atoms with E-state index in [1.807, 2.05) is 6.07 Å². The monoisotopic (exact) mass is 493 g/mol. The molecule has 36 heavy (non-hydrogen) atoms. The number of carbonyl (C=O) groups is 2. The van der Waals surface area contributed by atoms with Gasteiger partial charge in [-0.3, -0.25) is 14.5 Å². The quantitative estimate of drug-likeness (QED) is 0.270. The predicted octanol–water partition coefficient (Wildman–Crippen LogP) is 5.92. The number of fused-ring (bicyclic) bond motifs is 1. The van der Waals surface area contributed by atoms with E-state index in [9.17, 15) is 33.0 Å². The van der Waals surface area contributed by atoms with Gasteiger partial charge in [0, 0.05) is 11.3 Å². The van der Waals surface area contributed by atoms with E-state index in [1.165, 1.54) is 30.3 Å². The van der Waals surface area contributed by atoms with Gasteiger partial charge in [-0.05, 0) is 78.8 Å². The lowest BCUT2D eigenvalue weighted by molar-refractivity contribution is -0.137. The van der Waals surface area contributed by atoms with Crippen LogP contribution in [0.1, 0.15) is 46.7 Å². The second-order valence-corrected chi connectivity index (χ2v) is 9.00. The van der Waals surface area contributed by atoms with Gasteiger partial charge in [0.1, 0.15) is 11.5 Å². The zero-order chi connectivity index (χ0) is 25.6. The van der Waals surface area contributed by atoms with Crippen molar-refractivity contribution >= 4 is 23.1 Å². The van der Waals surface area contributed by atoms with Gasteiger partial charge in [-0.15, -0.1) is 0 Å². The molecule has 0 bridgehead atoms. The number of phenols is 1. The number of amides is 1. The molecule has 1 atom stereocenters. The van der Waals surface area contributed by atoms with Crippen LogP contribution in [0, 0.1) is 0 Å². The molecule has 0 spiro atoms. The smallest absolute Gasteiger partial charge is 0.416 e. The lowest BCUT2D eigenvalue weighted by Crippen LogP contribution is -2.29. The number of aryl methyl sites for hydroxylation is 2. The highest BCUT2D eigenvalue weighted by Gasteiger charge is 2.47. The van der Waals surface area contributed by atoms with Gasteiger partial charge in [-0.2, -0.15) is 13.2 Å². The first-order valence-electron chi connectivity index (χ1n) is 11.5. The fourth-order valence-corrected chi connectivity index (χ4v) is 4.94. The molecule has 0 radical (unpaired) electrons. The number of anilines is 1. The number of benzene rings is 3. The van der Waals surface area contributed by atoms with Gasteiger partial charge in [0.15, 0.2) is 0 Å². The summed E-state index contributed by atoms with van der Waals surface area (Å²) in [5, 5.41) is 21.0. The average Bonchev–Trinajstić information content (AvgIpc) is 3.13. The van der Waals surface area contributed by atoms with Gasteiger partial charge in [-0.25, -0.2) is 0 Å². The molecule has 1 amide bonds. The number of ketones is 1. The minimum atomic E-state index is -4.65. The molecule has 184 valence electrons. The SMILES string of the molecule is O=C1C(=O)N(c2cccc(C(F)(F)F)c2)C(c2ccc(O)cc2)/C1=C(/O)c1ccc2c(c1)CCCC2. The third kappa shape index (κ3) is 4.12. The maximum Gasteiger partial charge on any atom is 0.416 e. The highest BCUT2D eigenvalue weighted by molar-refractivity contribution is 6.51. The van der Waals surface area contributed by atoms with Crippen LogP contribution in [0.5, 0.6) is 5.75 Å². The standard InChI is InChI=1S/C28H22F3NO4/c29-28(30,31)20-6-3-7-21(15-20)32-24(17-10-12-22(33)13-11-17)23(26(35)27(32)36)25(34)19-9-8-16-4-1-2-5-18(16)14-19/h3,6-15,24,33-34H,1-2,4-5H2/b25-23-. The molecule has 0 aromatic heterocycles. The maximum absolute atomic E-state index is 13.4. The average molecular weight is 493 g/mol. The van der Waals surface area contributed by atoms with Crippen molar-refractivity contribution < 1.29 is 33.0 Å². The molecule has 0 saturated carbocycles. The number of aliphatic hydroxyl groups is 1. The fourth-order valence-electron chi connectivity index (χ4n) is 4.94. The number of alkyl halides is 3. The largest absolute Gasteiger partial charge is 0.508 e. The topological polar surface area (TPSA) is 77.8 Å². The van der Waals surface area contributed by atoms with Crippen molar-refractivity contribution in [1.29, 1.82) is 0 Å². The minimum Gasteiger partial charge on any atom is -0.508 e. The molecule has 1 fully saturated rings. The number of aromatic hydroxyl groups is 1. The summed E-state index contributed by atoms with van der Waals surface area (Å²) >= 11 is 0. The van der Waals surface area contributed by atoms with E-state index in [0.29, 0.717) is 11.1 Å². The van der Waals surface area contributed by atoms with E-state index in [0.717, 1.165) is 59.9 Å². The second-order valence-electron chi connectivity index (χ2n) is 9.00. The summed E-state index contributed by atoms with van der Waals surface area (Å²) in [7, 11) is 0. The summed E-state index contributed by atoms with van der Waals surface area (Å²) in [6.45, 7) is 0. The Bertz CT molecular complexity index is 1390. The molecule has 3 aromatic rings. The van der Waals surface area contributed by atoms with Crippen molar-refractivity contribution in [3.63, 3.8) is 0 Å². The summed E-state index contributed by atoms with van der Waals surface area (Å²) < 4.78 is 40.2. The molecular formula is C28H22F3NO4. The van der Waals surface area contributed by atoms with Gasteiger partial charge in [0.05, 0.1) is 17.2 Å². The third-order valence-corrected chi connectivity index (χ3v) is 6.73. The van der Waals surface area contributed by atoms with Crippen LogP contribution in [-0.2, 0) is 28.6 Å². The van der Waals surface area contributed by atoms with Crippen molar-refractivity contribution in [3.8, 4) is 5.75 Å². The zero-order valence-electron chi connectivity index (χ0n) is 19.0. The molecule has 2 N–H and O–H groups in total. The Morgan fingerprint density at radius 1 is 0.889 bits per heavy atom. The number of Topliss-reactive ketones (excluding diaryl/α,β-unsaturated/α-hetero) is 1. The van der Waals surface area contributed by atoms with Crippen LogP contribution in [0.2, 0.25) is 0 Å². The predicted molar refractivity (Wildman–Crippen MR) is 127 cm³/mol. The number of rotatable bonds is 3. The second kappa shape index (κ2) is 8.86. The number of hydrogen-bond acceptors (Lipinski definition) is 4. The van der Waals surface area contributed by atoms with Crippen LogP contribution in [0.15, 0.2) is 72.3 Å².